The van der Waals surface area contributed by atoms with E-state index in [-0.39, 0.29) is 5.91 Å². The van der Waals surface area contributed by atoms with E-state index in [4.69, 9.17) is 16.3 Å². The highest BCUT2D eigenvalue weighted by Crippen LogP contribution is 2.30. The van der Waals surface area contributed by atoms with Crippen molar-refractivity contribution in [3.05, 3.63) is 76.7 Å². The first-order valence-electron chi connectivity index (χ1n) is 7.53. The number of hydrogen-bond acceptors (Lipinski definition) is 4. The molecule has 0 spiro atoms. The van der Waals surface area contributed by atoms with E-state index in [9.17, 15) is 4.79 Å². The summed E-state index contributed by atoms with van der Waals surface area (Å²) in [4.78, 5) is 17.2. The Balaban J connectivity index is 1.82. The van der Waals surface area contributed by atoms with Crippen LogP contribution in [0, 0.1) is 0 Å². The van der Waals surface area contributed by atoms with Crippen LogP contribution in [0.4, 0.5) is 5.69 Å². The minimum absolute atomic E-state index is 0.184. The SMILES string of the molecule is C=CCOc1ccccc1/C=C1\SC(=Nc2ccc(Cl)cc2)NC1=O. The number of carbonyl (C=O) groups is 1. The molecule has 25 heavy (non-hydrogen) atoms. The molecule has 1 aliphatic rings. The fourth-order valence-corrected chi connectivity index (χ4v) is 3.09. The number of halogens is 1. The van der Waals surface area contributed by atoms with Gasteiger partial charge in [-0.1, -0.05) is 42.5 Å². The van der Waals surface area contributed by atoms with Crippen molar-refractivity contribution in [2.75, 3.05) is 6.61 Å². The fourth-order valence-electron chi connectivity index (χ4n) is 2.13. The zero-order valence-electron chi connectivity index (χ0n) is 13.2. The van der Waals surface area contributed by atoms with Crippen molar-refractivity contribution in [3.8, 4) is 5.75 Å². The van der Waals surface area contributed by atoms with E-state index in [1.807, 2.05) is 24.3 Å². The minimum Gasteiger partial charge on any atom is -0.489 e. The maximum atomic E-state index is 12.2. The second kappa shape index (κ2) is 8.05. The van der Waals surface area contributed by atoms with Gasteiger partial charge in [-0.2, -0.15) is 0 Å². The number of ether oxygens (including phenoxy) is 1. The van der Waals surface area contributed by atoms with Crippen LogP contribution in [0.3, 0.4) is 0 Å². The maximum absolute atomic E-state index is 12.2. The Morgan fingerprint density at radius 3 is 2.72 bits per heavy atom. The highest BCUT2D eigenvalue weighted by atomic mass is 35.5. The molecule has 1 saturated heterocycles. The summed E-state index contributed by atoms with van der Waals surface area (Å²) in [7, 11) is 0. The summed E-state index contributed by atoms with van der Waals surface area (Å²) in [5.74, 6) is 0.516. The Bertz CT molecular complexity index is 860. The first kappa shape index (κ1) is 17.3. The molecule has 0 radical (unpaired) electrons. The van der Waals surface area contributed by atoms with Crippen LogP contribution in [0.2, 0.25) is 5.02 Å². The summed E-state index contributed by atoms with van der Waals surface area (Å²) in [5.41, 5.74) is 1.55. The first-order valence-corrected chi connectivity index (χ1v) is 8.73. The van der Waals surface area contributed by atoms with Crippen molar-refractivity contribution in [1.82, 2.24) is 5.32 Å². The molecular weight excluding hydrogens is 356 g/mol. The molecule has 0 saturated carbocycles. The van der Waals surface area contributed by atoms with Crippen LogP contribution in [0.1, 0.15) is 5.56 Å². The summed E-state index contributed by atoms with van der Waals surface area (Å²) >= 11 is 7.15. The molecule has 1 N–H and O–H groups in total. The third-order valence-electron chi connectivity index (χ3n) is 3.27. The fraction of sp³-hybridized carbons (Fsp3) is 0.0526. The highest BCUT2D eigenvalue weighted by molar-refractivity contribution is 8.18. The zero-order chi connectivity index (χ0) is 17.6. The number of rotatable bonds is 5. The van der Waals surface area contributed by atoms with Gasteiger partial charge in [-0.15, -0.1) is 0 Å². The Morgan fingerprint density at radius 2 is 1.96 bits per heavy atom. The van der Waals surface area contributed by atoms with Crippen LogP contribution in [0.25, 0.3) is 6.08 Å². The lowest BCUT2D eigenvalue weighted by Gasteiger charge is -2.06. The van der Waals surface area contributed by atoms with Crippen molar-refractivity contribution < 1.29 is 9.53 Å². The van der Waals surface area contributed by atoms with Gasteiger partial charge >= 0.3 is 0 Å². The third-order valence-corrected chi connectivity index (χ3v) is 4.43. The molecule has 126 valence electrons. The number of amidine groups is 1. The second-order valence-corrected chi connectivity index (χ2v) is 6.56. The molecule has 6 heteroatoms. The van der Waals surface area contributed by atoms with Gasteiger partial charge in [-0.25, -0.2) is 4.99 Å². The van der Waals surface area contributed by atoms with Crippen molar-refractivity contribution in [1.29, 1.82) is 0 Å². The van der Waals surface area contributed by atoms with Gasteiger partial charge in [0.2, 0.25) is 0 Å². The minimum atomic E-state index is -0.184. The van der Waals surface area contributed by atoms with Gasteiger partial charge in [0.05, 0.1) is 10.6 Å². The quantitative estimate of drug-likeness (QED) is 0.607. The van der Waals surface area contributed by atoms with E-state index in [2.05, 4.69) is 16.9 Å². The molecule has 0 aliphatic carbocycles. The van der Waals surface area contributed by atoms with Crippen molar-refractivity contribution in [2.24, 2.45) is 4.99 Å². The van der Waals surface area contributed by atoms with Gasteiger partial charge in [0.15, 0.2) is 5.17 Å². The molecule has 0 unspecified atom stereocenters. The Hall–Kier alpha value is -2.50. The highest BCUT2D eigenvalue weighted by Gasteiger charge is 2.24. The predicted molar refractivity (Wildman–Crippen MR) is 104 cm³/mol. The Morgan fingerprint density at radius 1 is 1.20 bits per heavy atom. The second-order valence-electron chi connectivity index (χ2n) is 5.10. The number of carbonyl (C=O) groups excluding carboxylic acids is 1. The van der Waals surface area contributed by atoms with E-state index in [0.717, 1.165) is 11.3 Å². The smallest absolute Gasteiger partial charge is 0.264 e. The van der Waals surface area contributed by atoms with Gasteiger partial charge in [0.1, 0.15) is 12.4 Å². The van der Waals surface area contributed by atoms with Crippen LogP contribution in [-0.2, 0) is 4.79 Å². The summed E-state index contributed by atoms with van der Waals surface area (Å²) in [6.07, 6.45) is 3.47. The summed E-state index contributed by atoms with van der Waals surface area (Å²) < 4.78 is 5.62. The van der Waals surface area contributed by atoms with Crippen LogP contribution in [-0.4, -0.2) is 17.7 Å². The van der Waals surface area contributed by atoms with Gasteiger partial charge in [-0.3, -0.25) is 4.79 Å². The average Bonchev–Trinajstić information content (AvgIpc) is 2.95. The molecule has 1 aliphatic heterocycles. The van der Waals surface area contributed by atoms with Gasteiger partial charge in [-0.05, 0) is 48.2 Å². The molecule has 2 aromatic carbocycles. The largest absolute Gasteiger partial charge is 0.489 e. The molecule has 0 bridgehead atoms. The lowest BCUT2D eigenvalue weighted by atomic mass is 10.2. The number of para-hydroxylation sites is 1. The summed E-state index contributed by atoms with van der Waals surface area (Å²) in [6, 6.07) is 14.6. The van der Waals surface area contributed by atoms with Crippen molar-refractivity contribution in [3.63, 3.8) is 0 Å². The van der Waals surface area contributed by atoms with Gasteiger partial charge in [0, 0.05) is 10.6 Å². The molecular formula is C19H15ClN2O2S. The molecule has 0 atom stereocenters. The lowest BCUT2D eigenvalue weighted by Crippen LogP contribution is -2.19. The number of hydrogen-bond donors (Lipinski definition) is 1. The lowest BCUT2D eigenvalue weighted by molar-refractivity contribution is -0.115. The van der Waals surface area contributed by atoms with E-state index in [1.165, 1.54) is 11.8 Å². The number of nitrogens with one attached hydrogen (secondary N) is 1. The molecule has 3 rings (SSSR count). The van der Waals surface area contributed by atoms with Gasteiger partial charge < -0.3 is 10.1 Å². The number of thioether (sulfide) groups is 1. The molecule has 1 heterocycles. The third kappa shape index (κ3) is 4.53. The van der Waals surface area contributed by atoms with Crippen LogP contribution in [0.15, 0.2) is 71.1 Å². The predicted octanol–water partition coefficient (Wildman–Crippen LogP) is 4.80. The van der Waals surface area contributed by atoms with Crippen molar-refractivity contribution in [2.45, 2.75) is 0 Å². The van der Waals surface area contributed by atoms with Crippen LogP contribution < -0.4 is 10.1 Å². The van der Waals surface area contributed by atoms with E-state index in [1.54, 1.807) is 36.4 Å². The monoisotopic (exact) mass is 370 g/mol. The number of amides is 1. The molecule has 1 amide bonds. The molecule has 2 aromatic rings. The number of benzene rings is 2. The average molecular weight is 371 g/mol. The van der Waals surface area contributed by atoms with E-state index in [0.29, 0.717) is 27.5 Å². The first-order chi connectivity index (χ1) is 12.2. The van der Waals surface area contributed by atoms with Crippen LogP contribution >= 0.6 is 23.4 Å². The Kier molecular flexibility index (Phi) is 5.58. The molecule has 4 nitrogen and oxygen atoms in total. The molecule has 1 fully saturated rings. The summed E-state index contributed by atoms with van der Waals surface area (Å²) in [6.45, 7) is 4.05. The summed E-state index contributed by atoms with van der Waals surface area (Å²) in [5, 5.41) is 3.94. The number of nitrogens with zero attached hydrogens (tertiary/aromatic N) is 1. The topological polar surface area (TPSA) is 50.7 Å². The number of aliphatic imine (C=N–C) groups is 1. The van der Waals surface area contributed by atoms with Crippen LogP contribution in [0.5, 0.6) is 5.75 Å². The maximum Gasteiger partial charge on any atom is 0.264 e. The Labute approximate surface area is 155 Å². The standard InChI is InChI=1S/C19H15ClN2O2S/c1-2-11-24-16-6-4-3-5-13(16)12-17-18(23)22-19(25-17)21-15-9-7-14(20)8-10-15/h2-10,12H,1,11H2,(H,21,22,23)/b17-12-. The normalized spacial score (nSPS) is 16.9. The zero-order valence-corrected chi connectivity index (χ0v) is 14.8. The van der Waals surface area contributed by atoms with Crippen molar-refractivity contribution >= 4 is 46.2 Å². The van der Waals surface area contributed by atoms with E-state index < -0.39 is 0 Å². The molecule has 0 aromatic heterocycles. The van der Waals surface area contributed by atoms with E-state index >= 15 is 0 Å². The van der Waals surface area contributed by atoms with Gasteiger partial charge in [0.25, 0.3) is 5.91 Å².